The fraction of sp³-hybridized carbons (Fsp3) is 0.250. The summed E-state index contributed by atoms with van der Waals surface area (Å²) in [6, 6.07) is 1.23. The van der Waals surface area contributed by atoms with Crippen molar-refractivity contribution in [2.75, 3.05) is 7.05 Å². The van der Waals surface area contributed by atoms with Gasteiger partial charge in [-0.15, -0.1) is 0 Å². The minimum atomic E-state index is -5.10. The molecule has 1 heterocycles. The Morgan fingerprint density at radius 2 is 1.69 bits per heavy atom. The molecule has 29 heavy (non-hydrogen) atoms. The molecule has 0 saturated heterocycles. The van der Waals surface area contributed by atoms with Crippen LogP contribution in [0.3, 0.4) is 0 Å². The van der Waals surface area contributed by atoms with Gasteiger partial charge in [-0.25, -0.2) is 18.4 Å². The molecule has 2 aromatic rings. The average Bonchev–Trinajstić information content (AvgIpc) is 2.61. The lowest BCUT2D eigenvalue weighted by atomic mass is 10.0. The SMILES string of the molecule is CN([C@H](c1ccc(C(F)(F)F)cc1)C(F)(F)F)S(=O)(=O)c1ccnc(N=CN)c1. The fourth-order valence-electron chi connectivity index (χ4n) is 2.47. The Kier molecular flexibility index (Phi) is 6.23. The zero-order valence-electron chi connectivity index (χ0n) is 14.6. The second-order valence-corrected chi connectivity index (χ2v) is 7.71. The molecule has 1 atom stereocenters. The number of hydrogen-bond acceptors (Lipinski definition) is 4. The number of aromatic nitrogens is 1. The highest BCUT2D eigenvalue weighted by molar-refractivity contribution is 7.89. The van der Waals surface area contributed by atoms with Crippen LogP contribution in [0.25, 0.3) is 0 Å². The summed E-state index contributed by atoms with van der Waals surface area (Å²) in [7, 11) is -4.03. The van der Waals surface area contributed by atoms with E-state index in [0.717, 1.165) is 24.7 Å². The van der Waals surface area contributed by atoms with E-state index in [9.17, 15) is 34.8 Å². The molecule has 2 rings (SSSR count). The van der Waals surface area contributed by atoms with E-state index in [1.165, 1.54) is 0 Å². The van der Waals surface area contributed by atoms with Gasteiger partial charge in [0, 0.05) is 19.3 Å². The molecule has 0 bridgehead atoms. The van der Waals surface area contributed by atoms with Crippen molar-refractivity contribution >= 4 is 22.2 Å². The summed E-state index contributed by atoms with van der Waals surface area (Å²) in [5.74, 6) is -0.153. The van der Waals surface area contributed by atoms with E-state index in [1.54, 1.807) is 0 Å². The Bertz CT molecular complexity index is 988. The Balaban J connectivity index is 2.51. The Morgan fingerprint density at radius 3 is 2.17 bits per heavy atom. The molecule has 0 aliphatic rings. The van der Waals surface area contributed by atoms with Gasteiger partial charge in [-0.1, -0.05) is 12.1 Å². The first-order valence-electron chi connectivity index (χ1n) is 7.70. The lowest BCUT2D eigenvalue weighted by molar-refractivity contribution is -0.171. The van der Waals surface area contributed by atoms with E-state index < -0.39 is 44.4 Å². The number of aliphatic imine (C=N–C) groups is 1. The summed E-state index contributed by atoms with van der Waals surface area (Å²) in [4.78, 5) is 6.71. The van der Waals surface area contributed by atoms with Crippen LogP contribution in [0.2, 0.25) is 0 Å². The quantitative estimate of drug-likeness (QED) is 0.437. The second-order valence-electron chi connectivity index (χ2n) is 5.71. The van der Waals surface area contributed by atoms with Crippen LogP contribution in [-0.2, 0) is 16.2 Å². The van der Waals surface area contributed by atoms with Crippen molar-refractivity contribution in [3.05, 3.63) is 53.7 Å². The molecule has 0 amide bonds. The van der Waals surface area contributed by atoms with Crippen LogP contribution in [0.15, 0.2) is 52.5 Å². The number of halogens is 6. The van der Waals surface area contributed by atoms with Gasteiger partial charge in [0.05, 0.1) is 16.8 Å². The lowest BCUT2D eigenvalue weighted by Crippen LogP contribution is -2.39. The van der Waals surface area contributed by atoms with Gasteiger partial charge in [0.25, 0.3) is 0 Å². The van der Waals surface area contributed by atoms with Crippen LogP contribution >= 0.6 is 0 Å². The molecular formula is C16H14F6N4O2S. The topological polar surface area (TPSA) is 88.7 Å². The molecule has 1 aromatic carbocycles. The van der Waals surface area contributed by atoms with Crippen LogP contribution in [0.5, 0.6) is 0 Å². The predicted octanol–water partition coefficient (Wildman–Crippen LogP) is 3.64. The van der Waals surface area contributed by atoms with Crippen LogP contribution in [-0.4, -0.2) is 37.3 Å². The van der Waals surface area contributed by atoms with Crippen molar-refractivity contribution in [3.63, 3.8) is 0 Å². The predicted molar refractivity (Wildman–Crippen MR) is 91.8 cm³/mol. The number of sulfonamides is 1. The normalized spacial score (nSPS) is 14.5. The van der Waals surface area contributed by atoms with Crippen molar-refractivity contribution in [1.29, 1.82) is 0 Å². The highest BCUT2D eigenvalue weighted by Crippen LogP contribution is 2.40. The van der Waals surface area contributed by atoms with E-state index in [-0.39, 0.29) is 10.1 Å². The molecule has 0 aliphatic carbocycles. The minimum Gasteiger partial charge on any atom is -0.390 e. The van der Waals surface area contributed by atoms with Crippen molar-refractivity contribution in [2.45, 2.75) is 23.3 Å². The van der Waals surface area contributed by atoms with Gasteiger partial charge in [0.2, 0.25) is 10.0 Å². The first-order valence-corrected chi connectivity index (χ1v) is 9.14. The highest BCUT2D eigenvalue weighted by atomic mass is 32.2. The van der Waals surface area contributed by atoms with Crippen LogP contribution in [0, 0.1) is 0 Å². The maximum Gasteiger partial charge on any atom is 0.416 e. The molecular weight excluding hydrogens is 426 g/mol. The number of benzene rings is 1. The summed E-state index contributed by atoms with van der Waals surface area (Å²) in [6.45, 7) is 0. The molecule has 0 spiro atoms. The smallest absolute Gasteiger partial charge is 0.390 e. The highest BCUT2D eigenvalue weighted by Gasteiger charge is 2.48. The number of nitrogens with two attached hydrogens (primary N) is 1. The molecule has 2 N–H and O–H groups in total. The third-order valence-electron chi connectivity index (χ3n) is 3.83. The molecule has 13 heteroatoms. The van der Waals surface area contributed by atoms with Gasteiger partial charge < -0.3 is 5.73 Å². The molecule has 0 aliphatic heterocycles. The van der Waals surface area contributed by atoms with Crippen molar-refractivity contribution < 1.29 is 34.8 Å². The van der Waals surface area contributed by atoms with Gasteiger partial charge in [-0.2, -0.15) is 30.6 Å². The van der Waals surface area contributed by atoms with Gasteiger partial charge in [-0.3, -0.25) is 0 Å². The van der Waals surface area contributed by atoms with Gasteiger partial charge >= 0.3 is 12.4 Å². The standard InChI is InChI=1S/C16H14F6N4O2S/c1-26(29(27,28)12-6-7-24-13(8-12)25-9-23)14(16(20,21)22)10-2-4-11(5-3-10)15(17,18)19/h2-9,14H,1H3,(H2,23,24,25)/t14-/m1/s1. The summed E-state index contributed by atoms with van der Waals surface area (Å²) in [5.41, 5.74) is 3.25. The van der Waals surface area contributed by atoms with E-state index in [0.29, 0.717) is 31.3 Å². The van der Waals surface area contributed by atoms with Gasteiger partial charge in [0.15, 0.2) is 5.82 Å². The zero-order chi connectivity index (χ0) is 22.0. The summed E-state index contributed by atoms with van der Waals surface area (Å²) < 4.78 is 104. The molecule has 1 aromatic heterocycles. The van der Waals surface area contributed by atoms with Gasteiger partial charge in [-0.05, 0) is 23.8 Å². The van der Waals surface area contributed by atoms with E-state index in [2.05, 4.69) is 9.98 Å². The van der Waals surface area contributed by atoms with Crippen LogP contribution < -0.4 is 5.73 Å². The monoisotopic (exact) mass is 440 g/mol. The number of pyridine rings is 1. The van der Waals surface area contributed by atoms with Crippen molar-refractivity contribution in [3.8, 4) is 0 Å². The summed E-state index contributed by atoms with van der Waals surface area (Å²) in [5, 5.41) is 0. The Labute approximate surface area is 161 Å². The molecule has 0 fully saturated rings. The first-order chi connectivity index (χ1) is 13.3. The Hall–Kier alpha value is -2.67. The minimum absolute atomic E-state index is 0.0286. The maximum absolute atomic E-state index is 13.7. The third kappa shape index (κ3) is 5.03. The van der Waals surface area contributed by atoms with Crippen molar-refractivity contribution in [1.82, 2.24) is 9.29 Å². The van der Waals surface area contributed by atoms with Crippen molar-refractivity contribution in [2.24, 2.45) is 10.7 Å². The molecule has 6 nitrogen and oxygen atoms in total. The Morgan fingerprint density at radius 1 is 1.10 bits per heavy atom. The third-order valence-corrected chi connectivity index (χ3v) is 5.65. The van der Waals surface area contributed by atoms with E-state index in [4.69, 9.17) is 5.73 Å². The zero-order valence-corrected chi connectivity index (χ0v) is 15.4. The summed E-state index contributed by atoms with van der Waals surface area (Å²) >= 11 is 0. The number of alkyl halides is 6. The second kappa shape index (κ2) is 7.99. The molecule has 0 unspecified atom stereocenters. The first kappa shape index (κ1) is 22.6. The van der Waals surface area contributed by atoms with Gasteiger partial charge in [0.1, 0.15) is 6.04 Å². The fourth-order valence-corrected chi connectivity index (χ4v) is 3.81. The number of nitrogens with zero attached hydrogens (tertiary/aromatic N) is 3. The summed E-state index contributed by atoms with van der Waals surface area (Å²) in [6.07, 6.45) is -8.01. The van der Waals surface area contributed by atoms with Crippen LogP contribution in [0.4, 0.5) is 32.2 Å². The number of hydrogen-bond donors (Lipinski definition) is 1. The number of rotatable bonds is 5. The largest absolute Gasteiger partial charge is 0.416 e. The molecule has 158 valence electrons. The average molecular weight is 440 g/mol. The van der Waals surface area contributed by atoms with E-state index in [1.807, 2.05) is 0 Å². The molecule has 0 saturated carbocycles. The van der Waals surface area contributed by atoms with E-state index >= 15 is 0 Å². The lowest BCUT2D eigenvalue weighted by Gasteiger charge is -2.29. The maximum atomic E-state index is 13.7. The van der Waals surface area contributed by atoms with Crippen LogP contribution in [0.1, 0.15) is 17.2 Å². The molecule has 0 radical (unpaired) electrons.